The third kappa shape index (κ3) is 6.11. The Morgan fingerprint density at radius 1 is 1.37 bits per heavy atom. The van der Waals surface area contributed by atoms with E-state index in [-0.39, 0.29) is 35.6 Å². The molecule has 0 aromatic carbocycles. The number of nitrogens with one attached hydrogen (secondary N) is 2. The number of aliphatic imine (C=N–C) groups is 1. The van der Waals surface area contributed by atoms with Gasteiger partial charge in [-0.25, -0.2) is 8.42 Å². The van der Waals surface area contributed by atoms with E-state index in [2.05, 4.69) is 22.2 Å². The zero-order valence-electron chi connectivity index (χ0n) is 11.0. The summed E-state index contributed by atoms with van der Waals surface area (Å²) < 4.78 is 22.7. The zero-order valence-corrected chi connectivity index (χ0v) is 14.1. The number of rotatable bonds is 5. The molecular weight excluding hydrogens is 377 g/mol. The molecule has 2 fully saturated rings. The van der Waals surface area contributed by atoms with E-state index in [1.165, 1.54) is 12.8 Å². The van der Waals surface area contributed by atoms with Crippen LogP contribution >= 0.6 is 24.0 Å². The Morgan fingerprint density at radius 2 is 2.11 bits per heavy atom. The number of guanidine groups is 1. The van der Waals surface area contributed by atoms with Crippen LogP contribution in [-0.4, -0.2) is 45.0 Å². The van der Waals surface area contributed by atoms with Gasteiger partial charge in [0.1, 0.15) is 0 Å². The predicted octanol–water partition coefficient (Wildman–Crippen LogP) is 0.923. The Labute approximate surface area is 132 Å². The first kappa shape index (κ1) is 16.7. The maximum atomic E-state index is 11.4. The van der Waals surface area contributed by atoms with Crippen LogP contribution in [0.2, 0.25) is 0 Å². The first-order valence-corrected chi connectivity index (χ1v) is 8.27. The first-order chi connectivity index (χ1) is 8.59. The van der Waals surface area contributed by atoms with Gasteiger partial charge in [-0.05, 0) is 25.2 Å². The second-order valence-corrected chi connectivity index (χ2v) is 7.28. The maximum absolute atomic E-state index is 11.4. The van der Waals surface area contributed by atoms with E-state index >= 15 is 0 Å². The Kier molecular flexibility index (Phi) is 6.58. The smallest absolute Gasteiger partial charge is 0.191 e. The molecule has 5 nitrogen and oxygen atoms in total. The van der Waals surface area contributed by atoms with Gasteiger partial charge in [-0.15, -0.1) is 30.6 Å². The third-order valence-corrected chi connectivity index (χ3v) is 5.00. The molecule has 0 radical (unpaired) electrons. The second kappa shape index (κ2) is 7.47. The molecule has 2 aliphatic rings. The standard InChI is InChI=1S/C12H21N3O2S.HI/c1-2-6-13-12(15-11-3-4-11)14-8-10-5-7-18(16,17)9-10;/h2,10-11H,1,3-9H2,(H2,13,14,15);1H. The summed E-state index contributed by atoms with van der Waals surface area (Å²) in [6, 6.07) is 0.536. The van der Waals surface area contributed by atoms with Gasteiger partial charge in [-0.2, -0.15) is 0 Å². The van der Waals surface area contributed by atoms with E-state index in [1.807, 2.05) is 0 Å². The molecule has 7 heteroatoms. The molecule has 1 saturated heterocycles. The van der Waals surface area contributed by atoms with Gasteiger partial charge in [-0.1, -0.05) is 6.08 Å². The fourth-order valence-electron chi connectivity index (χ4n) is 1.98. The van der Waals surface area contributed by atoms with Crippen molar-refractivity contribution in [3.05, 3.63) is 12.7 Å². The average molecular weight is 399 g/mol. The van der Waals surface area contributed by atoms with E-state index in [0.717, 1.165) is 12.4 Å². The molecule has 0 aromatic heterocycles. The van der Waals surface area contributed by atoms with E-state index in [9.17, 15) is 8.42 Å². The number of hydrogen-bond acceptors (Lipinski definition) is 3. The van der Waals surface area contributed by atoms with Gasteiger partial charge in [0.15, 0.2) is 15.8 Å². The minimum absolute atomic E-state index is 0. The fourth-order valence-corrected chi connectivity index (χ4v) is 3.83. The summed E-state index contributed by atoms with van der Waals surface area (Å²) in [5.41, 5.74) is 0. The van der Waals surface area contributed by atoms with Crippen molar-refractivity contribution in [3.8, 4) is 0 Å². The summed E-state index contributed by atoms with van der Waals surface area (Å²) in [7, 11) is -2.80. The van der Waals surface area contributed by atoms with Crippen LogP contribution in [0.15, 0.2) is 17.6 Å². The molecule has 1 saturated carbocycles. The normalized spacial score (nSPS) is 25.5. The van der Waals surface area contributed by atoms with E-state index in [1.54, 1.807) is 6.08 Å². The second-order valence-electron chi connectivity index (χ2n) is 5.05. The topological polar surface area (TPSA) is 70.6 Å². The van der Waals surface area contributed by atoms with Crippen molar-refractivity contribution in [1.29, 1.82) is 0 Å². The van der Waals surface area contributed by atoms with Crippen molar-refractivity contribution in [2.24, 2.45) is 10.9 Å². The molecule has 0 bridgehead atoms. The lowest BCUT2D eigenvalue weighted by molar-refractivity contribution is 0.589. The lowest BCUT2D eigenvalue weighted by atomic mass is 10.1. The molecule has 1 atom stereocenters. The monoisotopic (exact) mass is 399 g/mol. The number of halogens is 1. The summed E-state index contributed by atoms with van der Waals surface area (Å²) >= 11 is 0. The summed E-state index contributed by atoms with van der Waals surface area (Å²) in [6.45, 7) is 4.91. The van der Waals surface area contributed by atoms with Crippen molar-refractivity contribution in [2.45, 2.75) is 25.3 Å². The van der Waals surface area contributed by atoms with Crippen molar-refractivity contribution < 1.29 is 8.42 Å². The van der Waals surface area contributed by atoms with Crippen molar-refractivity contribution in [3.63, 3.8) is 0 Å². The molecule has 1 heterocycles. The number of sulfone groups is 1. The molecule has 0 amide bonds. The average Bonchev–Trinajstić information content (AvgIpc) is 3.06. The zero-order chi connectivity index (χ0) is 13.0. The Bertz CT molecular complexity index is 432. The van der Waals surface area contributed by atoms with Crippen LogP contribution in [0.4, 0.5) is 0 Å². The molecule has 0 spiro atoms. The molecule has 1 aliphatic heterocycles. The molecular formula is C12H22IN3O2S. The highest BCUT2D eigenvalue weighted by Crippen LogP contribution is 2.20. The van der Waals surface area contributed by atoms with Crippen molar-refractivity contribution in [1.82, 2.24) is 10.6 Å². The number of hydrogen-bond donors (Lipinski definition) is 2. The molecule has 110 valence electrons. The fraction of sp³-hybridized carbons (Fsp3) is 0.750. The SMILES string of the molecule is C=CCNC(=NCC1CCS(=O)(=O)C1)NC1CC1.I. The van der Waals surface area contributed by atoms with Gasteiger partial charge in [0.2, 0.25) is 0 Å². The predicted molar refractivity (Wildman–Crippen MR) is 88.8 cm³/mol. The highest BCUT2D eigenvalue weighted by molar-refractivity contribution is 14.0. The highest BCUT2D eigenvalue weighted by Gasteiger charge is 2.28. The largest absolute Gasteiger partial charge is 0.354 e. The minimum atomic E-state index is -2.80. The molecule has 19 heavy (non-hydrogen) atoms. The van der Waals surface area contributed by atoms with Gasteiger partial charge in [-0.3, -0.25) is 4.99 Å². The lowest BCUT2D eigenvalue weighted by Gasteiger charge is -2.11. The highest BCUT2D eigenvalue weighted by atomic mass is 127. The van der Waals surface area contributed by atoms with Gasteiger partial charge >= 0.3 is 0 Å². The van der Waals surface area contributed by atoms with E-state index in [0.29, 0.717) is 24.9 Å². The molecule has 1 unspecified atom stereocenters. The first-order valence-electron chi connectivity index (χ1n) is 6.45. The summed E-state index contributed by atoms with van der Waals surface area (Å²) in [6.07, 6.45) is 4.90. The van der Waals surface area contributed by atoms with Gasteiger partial charge in [0.05, 0.1) is 11.5 Å². The Hall–Kier alpha value is -0.310. The van der Waals surface area contributed by atoms with E-state index in [4.69, 9.17) is 0 Å². The van der Waals surface area contributed by atoms with E-state index < -0.39 is 9.84 Å². The van der Waals surface area contributed by atoms with Crippen molar-refractivity contribution in [2.75, 3.05) is 24.6 Å². The molecule has 0 aromatic rings. The molecule has 1 aliphatic carbocycles. The van der Waals surface area contributed by atoms with Crippen LogP contribution < -0.4 is 10.6 Å². The lowest BCUT2D eigenvalue weighted by Crippen LogP contribution is -2.39. The van der Waals surface area contributed by atoms with Crippen LogP contribution in [-0.2, 0) is 9.84 Å². The quantitative estimate of drug-likeness (QED) is 0.312. The van der Waals surface area contributed by atoms with Crippen LogP contribution in [0.1, 0.15) is 19.3 Å². The molecule has 2 rings (SSSR count). The number of nitrogens with zero attached hydrogens (tertiary/aromatic N) is 1. The summed E-state index contributed by atoms with van der Waals surface area (Å²) in [5, 5.41) is 6.47. The third-order valence-electron chi connectivity index (χ3n) is 3.17. The minimum Gasteiger partial charge on any atom is -0.354 e. The van der Waals surface area contributed by atoms with Crippen LogP contribution in [0.5, 0.6) is 0 Å². The summed E-state index contributed by atoms with van der Waals surface area (Å²) in [5.74, 6) is 1.56. The van der Waals surface area contributed by atoms with Gasteiger partial charge in [0.25, 0.3) is 0 Å². The van der Waals surface area contributed by atoms with Crippen molar-refractivity contribution >= 4 is 39.8 Å². The van der Waals surface area contributed by atoms with Gasteiger partial charge < -0.3 is 10.6 Å². The summed E-state index contributed by atoms with van der Waals surface area (Å²) in [4.78, 5) is 4.47. The molecule has 2 N–H and O–H groups in total. The Morgan fingerprint density at radius 3 is 2.63 bits per heavy atom. The maximum Gasteiger partial charge on any atom is 0.191 e. The Balaban J connectivity index is 0.00000180. The van der Waals surface area contributed by atoms with Crippen LogP contribution in [0, 0.1) is 5.92 Å². The van der Waals surface area contributed by atoms with Crippen LogP contribution in [0.25, 0.3) is 0 Å². The van der Waals surface area contributed by atoms with Gasteiger partial charge in [0, 0.05) is 19.1 Å². The van der Waals surface area contributed by atoms with Crippen LogP contribution in [0.3, 0.4) is 0 Å².